The summed E-state index contributed by atoms with van der Waals surface area (Å²) in [6.45, 7) is 17.3. The quantitative estimate of drug-likeness (QED) is 0.361. The van der Waals surface area contributed by atoms with Crippen LogP contribution in [0.4, 0.5) is 0 Å². The third kappa shape index (κ3) is 0.720. The van der Waals surface area contributed by atoms with Gasteiger partial charge in [-0.15, -0.1) is 0 Å². The lowest BCUT2D eigenvalue weighted by molar-refractivity contribution is -0.699. The highest BCUT2D eigenvalue weighted by atomic mass is 15.2. The Bertz CT molecular complexity index is 1190. The topological polar surface area (TPSA) is 0 Å². The van der Waals surface area contributed by atoms with E-state index in [2.05, 4.69) is 41.5 Å². The fraction of sp³-hybridized carbons (Fsp3) is 1.00. The van der Waals surface area contributed by atoms with Crippen molar-refractivity contribution in [2.24, 2.45) is 120 Å². The van der Waals surface area contributed by atoms with Crippen molar-refractivity contribution >= 4 is 0 Å². The second-order valence-corrected chi connectivity index (χ2v) is 18.5. The Balaban J connectivity index is 0.993. The maximum absolute atomic E-state index is 2.93. The third-order valence-corrected chi connectivity index (χ3v) is 22.2. The summed E-state index contributed by atoms with van der Waals surface area (Å²) in [6, 6.07) is 0. The van der Waals surface area contributed by atoms with Crippen LogP contribution in [0.2, 0.25) is 0 Å². The molecule has 0 aliphatic heterocycles. The van der Waals surface area contributed by atoms with Crippen LogP contribution in [0.5, 0.6) is 0 Å². The third-order valence-electron chi connectivity index (χ3n) is 22.2. The van der Waals surface area contributed by atoms with E-state index in [0.717, 1.165) is 62.1 Å². The predicted molar refractivity (Wildman–Crippen MR) is 126 cm³/mol. The van der Waals surface area contributed by atoms with Gasteiger partial charge in [-0.1, -0.05) is 41.5 Å². The Morgan fingerprint density at radius 2 is 1.09 bits per heavy atom. The summed E-state index contributed by atoms with van der Waals surface area (Å²) in [5.41, 5.74) is 7.00. The zero-order chi connectivity index (χ0) is 21.7. The van der Waals surface area contributed by atoms with Crippen molar-refractivity contribution < 1.29 is 0 Å². The van der Waals surface area contributed by atoms with Crippen molar-refractivity contribution in [1.82, 2.24) is 0 Å². The summed E-state index contributed by atoms with van der Waals surface area (Å²) in [6.07, 6.45) is 9.88. The average molecular weight is 439 g/mol. The molecule has 0 heterocycles. The van der Waals surface area contributed by atoms with Crippen molar-refractivity contribution in [1.29, 1.82) is 0 Å². The van der Waals surface area contributed by atoms with Gasteiger partial charge in [0.25, 0.3) is 0 Å². The number of hydrogen-bond donors (Lipinski definition) is 0. The summed E-state index contributed by atoms with van der Waals surface area (Å²) < 4.78 is 0. The maximum atomic E-state index is 2.93. The van der Waals surface area contributed by atoms with Gasteiger partial charge >= 0.3 is 0 Å². The minimum atomic E-state index is 0.677. The minimum absolute atomic E-state index is 0.677. The fourth-order valence-electron chi connectivity index (χ4n) is 22.3. The molecule has 0 aromatic rings. The van der Waals surface area contributed by atoms with Crippen molar-refractivity contribution in [3.63, 3.8) is 0 Å². The molecule has 13 saturated carbocycles. The smallest absolute Gasteiger partial charge is 0.0134 e. The van der Waals surface area contributed by atoms with E-state index in [1.165, 1.54) is 41.4 Å². The molecule has 0 bridgehead atoms. The van der Waals surface area contributed by atoms with Crippen LogP contribution in [0.25, 0.3) is 0 Å². The second-order valence-electron chi connectivity index (χ2n) is 18.5. The van der Waals surface area contributed by atoms with E-state index >= 15 is 0 Å². The van der Waals surface area contributed by atoms with Gasteiger partial charge in [-0.3, -0.25) is 0 Å². The molecule has 13 fully saturated rings. The fourth-order valence-corrected chi connectivity index (χ4v) is 22.3. The minimum Gasteiger partial charge on any atom is -0.0619 e. The lowest BCUT2D eigenvalue weighted by Crippen LogP contribution is -3.13. The van der Waals surface area contributed by atoms with Gasteiger partial charge in [0.2, 0.25) is 0 Å². The molecule has 0 nitrogen and oxygen atoms in total. The molecule has 0 aromatic carbocycles. The van der Waals surface area contributed by atoms with Gasteiger partial charge < -0.3 is 0 Å². The first-order chi connectivity index (χ1) is 15.6. The van der Waals surface area contributed by atoms with Gasteiger partial charge in [0, 0.05) is 0 Å². The molecule has 0 radical (unpaired) electrons. The molecule has 0 aromatic heterocycles. The molecule has 33 heavy (non-hydrogen) atoms. The summed E-state index contributed by atoms with van der Waals surface area (Å²) in [5, 5.41) is 0. The first kappa shape index (κ1) is 16.7. The van der Waals surface area contributed by atoms with Crippen LogP contribution in [0.3, 0.4) is 0 Å². The molecular weight excluding hydrogens is 396 g/mol. The molecule has 0 saturated heterocycles. The Morgan fingerprint density at radius 1 is 0.515 bits per heavy atom. The van der Waals surface area contributed by atoms with Gasteiger partial charge in [0.1, 0.15) is 0 Å². The van der Waals surface area contributed by atoms with Crippen LogP contribution in [0, 0.1) is 120 Å². The Kier molecular flexibility index (Phi) is 1.69. The Labute approximate surface area is 199 Å². The first-order valence-corrected chi connectivity index (χ1v) is 15.6. The second kappa shape index (κ2) is 3.34. The number of rotatable bonds is 0. The van der Waals surface area contributed by atoms with Gasteiger partial charge in [0.15, 0.2) is 0 Å². The molecule has 13 rings (SSSR count). The van der Waals surface area contributed by atoms with Crippen LogP contribution < -0.4 is 0 Å². The molecule has 174 valence electrons. The molecule has 13 aliphatic carbocycles. The van der Waals surface area contributed by atoms with Gasteiger partial charge in [-0.05, 0) is 158 Å². The van der Waals surface area contributed by atoms with E-state index in [9.17, 15) is 0 Å². The van der Waals surface area contributed by atoms with Gasteiger partial charge in [0.05, 0.1) is 0 Å². The van der Waals surface area contributed by atoms with Crippen LogP contribution in [-0.2, 0) is 0 Å². The summed E-state index contributed by atoms with van der Waals surface area (Å²) in [7, 11) is 0. The van der Waals surface area contributed by atoms with Crippen molar-refractivity contribution in [2.45, 2.75) is 80.1 Å². The molecule has 21 unspecified atom stereocenters. The monoisotopic (exact) mass is 438 g/mol. The molecule has 0 amide bonds. The lowest BCUT2D eigenvalue weighted by atomic mass is 8.87. The average Bonchev–Trinajstić information content (AvgIpc) is 2.71. The van der Waals surface area contributed by atoms with Crippen molar-refractivity contribution in [3.05, 3.63) is 0 Å². The number of fused-ring (bicyclic) bond motifs is 17. The SMILES string of the molecule is CC1CC2C3C4C5C6C7C8C9C%10CC%11CC%12CC9(C%11%12%10)C8(C)C7(C)C6(C)C5(C)C4(C)C34CCC124. The molecule has 21 atom stereocenters. The zero-order valence-electron chi connectivity index (χ0n) is 21.7. The van der Waals surface area contributed by atoms with E-state index in [1.54, 1.807) is 38.5 Å². The summed E-state index contributed by atoms with van der Waals surface area (Å²) in [5.74, 6) is 14.1. The van der Waals surface area contributed by atoms with Crippen LogP contribution in [0.1, 0.15) is 80.1 Å². The summed E-state index contributed by atoms with van der Waals surface area (Å²) >= 11 is 0. The van der Waals surface area contributed by atoms with E-state index < -0.39 is 0 Å². The summed E-state index contributed by atoms with van der Waals surface area (Å²) in [4.78, 5) is 0. The molecule has 4 spiro atoms. The molecule has 0 heteroatoms. The van der Waals surface area contributed by atoms with E-state index in [4.69, 9.17) is 0 Å². The Hall–Kier alpha value is 0. The molecular formula is C33H42. The van der Waals surface area contributed by atoms with Gasteiger partial charge in [-0.2, -0.15) is 0 Å². The number of hydrogen-bond acceptors (Lipinski definition) is 0. The highest BCUT2D eigenvalue weighted by Crippen LogP contribution is 3.18. The predicted octanol–water partition coefficient (Wildman–Crippen LogP) is 6.90. The zero-order valence-corrected chi connectivity index (χ0v) is 21.7. The first-order valence-electron chi connectivity index (χ1n) is 15.6. The normalized spacial score (nSPS) is 96.5. The van der Waals surface area contributed by atoms with E-state index in [-0.39, 0.29) is 0 Å². The van der Waals surface area contributed by atoms with Crippen molar-refractivity contribution in [3.8, 4) is 0 Å². The molecule has 0 N–H and O–H groups in total. The maximum Gasteiger partial charge on any atom is -0.0134 e. The Morgan fingerprint density at radius 3 is 1.64 bits per heavy atom. The molecule has 13 aliphatic rings. The van der Waals surface area contributed by atoms with Crippen LogP contribution >= 0.6 is 0 Å². The standard InChI is InChI=1S/C33H42/c1-13-9-16-18-20-22-24-23-21-19-17-11-14-10-15-12-32(19,33(14,15)17)29(21,6)27(23,4)25(24,2)26(22,3)28(20,5)31(18)8-7-30(13,16)31/h13-24H,7-12H2,1-6H3. The highest BCUT2D eigenvalue weighted by Gasteiger charge is 3.14. The van der Waals surface area contributed by atoms with Gasteiger partial charge in [-0.25, -0.2) is 0 Å². The van der Waals surface area contributed by atoms with Crippen molar-refractivity contribution in [2.75, 3.05) is 0 Å². The van der Waals surface area contributed by atoms with Crippen LogP contribution in [-0.4, -0.2) is 0 Å². The largest absolute Gasteiger partial charge is 0.0619 e. The van der Waals surface area contributed by atoms with E-state index in [1.807, 2.05) is 0 Å². The van der Waals surface area contributed by atoms with E-state index in [0.29, 0.717) is 16.2 Å². The van der Waals surface area contributed by atoms with Crippen LogP contribution in [0.15, 0.2) is 0 Å². The lowest BCUT2D eigenvalue weighted by Gasteiger charge is -3.16. The highest BCUT2D eigenvalue weighted by molar-refractivity contribution is 5.60.